The molecule has 1 aromatic rings. The molecule has 2 aliphatic rings. The van der Waals surface area contributed by atoms with E-state index in [-0.39, 0.29) is 5.75 Å². The van der Waals surface area contributed by atoms with E-state index < -0.39 is 55.9 Å². The highest BCUT2D eigenvalue weighted by Gasteiger charge is 2.72. The van der Waals surface area contributed by atoms with Crippen LogP contribution in [0.2, 0.25) is 0 Å². The lowest BCUT2D eigenvalue weighted by Crippen LogP contribution is -2.72. The number of carbonyl (C=O) groups excluding carboxylic acids is 2. The Kier molecular flexibility index (Phi) is 4.19. The molecule has 10 nitrogen and oxygen atoms in total. The number of fused-ring (bicyclic) bond motifs is 1. The summed E-state index contributed by atoms with van der Waals surface area (Å²) < 4.78 is 23.8. The molecule has 1 aromatic carbocycles. The van der Waals surface area contributed by atoms with E-state index in [0.717, 1.165) is 4.90 Å². The second-order valence-electron chi connectivity index (χ2n) is 7.08. The maximum absolute atomic E-state index is 12.7. The molecule has 146 valence electrons. The third-order valence-corrected chi connectivity index (χ3v) is 7.96. The van der Waals surface area contributed by atoms with Gasteiger partial charge in [0.2, 0.25) is 11.8 Å². The Morgan fingerprint density at radius 1 is 1.26 bits per heavy atom. The van der Waals surface area contributed by atoms with Gasteiger partial charge in [-0.15, -0.1) is 0 Å². The molecule has 0 bridgehead atoms. The third-order valence-electron chi connectivity index (χ3n) is 5.13. The minimum absolute atomic E-state index is 0.0184. The Morgan fingerprint density at radius 3 is 2.33 bits per heavy atom. The van der Waals surface area contributed by atoms with Crippen molar-refractivity contribution < 1.29 is 33.0 Å². The van der Waals surface area contributed by atoms with Gasteiger partial charge in [0.05, 0.1) is 0 Å². The molecule has 11 heteroatoms. The fourth-order valence-electron chi connectivity index (χ4n) is 3.52. The van der Waals surface area contributed by atoms with Gasteiger partial charge in [0, 0.05) is 0 Å². The number of carbonyl (C=O) groups is 3. The van der Waals surface area contributed by atoms with Gasteiger partial charge in [0.15, 0.2) is 15.2 Å². The van der Waals surface area contributed by atoms with Crippen LogP contribution in [0.5, 0.6) is 5.75 Å². The van der Waals surface area contributed by atoms with E-state index in [9.17, 15) is 33.0 Å². The highest BCUT2D eigenvalue weighted by atomic mass is 32.2. The van der Waals surface area contributed by atoms with Gasteiger partial charge < -0.3 is 26.2 Å². The molecule has 2 heterocycles. The van der Waals surface area contributed by atoms with E-state index >= 15 is 0 Å². The SMILES string of the molecule is CC1(C)[C@H](C(=O)O)N2C(=O)[C@@H](NC(=O)C(N)c3ccc(O)cc3)[C@H]2S1(=O)=O. The fourth-order valence-corrected chi connectivity index (χ4v) is 5.73. The molecule has 2 aliphatic heterocycles. The van der Waals surface area contributed by atoms with Crippen LogP contribution in [0, 0.1) is 0 Å². The van der Waals surface area contributed by atoms with Crippen molar-refractivity contribution in [1.82, 2.24) is 10.2 Å². The van der Waals surface area contributed by atoms with Crippen LogP contribution < -0.4 is 11.1 Å². The van der Waals surface area contributed by atoms with Crippen molar-refractivity contribution in [3.8, 4) is 5.75 Å². The number of nitrogens with zero attached hydrogens (tertiary/aromatic N) is 1. The summed E-state index contributed by atoms with van der Waals surface area (Å²) in [4.78, 5) is 37.0. The number of carboxylic acid groups (broad SMARTS) is 1. The number of sulfone groups is 1. The first-order valence-electron chi connectivity index (χ1n) is 8.04. The van der Waals surface area contributed by atoms with Crippen LogP contribution in [0.25, 0.3) is 0 Å². The lowest BCUT2D eigenvalue weighted by Gasteiger charge is -2.42. The molecule has 0 aromatic heterocycles. The predicted molar refractivity (Wildman–Crippen MR) is 92.0 cm³/mol. The number of benzene rings is 1. The second kappa shape index (κ2) is 5.92. The number of aromatic hydroxyl groups is 1. The number of phenolic OH excluding ortho intramolecular Hbond substituents is 1. The Hall–Kier alpha value is -2.66. The highest BCUT2D eigenvalue weighted by molar-refractivity contribution is 7.94. The molecule has 0 saturated carbocycles. The van der Waals surface area contributed by atoms with Crippen LogP contribution >= 0.6 is 0 Å². The summed E-state index contributed by atoms with van der Waals surface area (Å²) in [7, 11) is -4.05. The van der Waals surface area contributed by atoms with Gasteiger partial charge in [-0.1, -0.05) is 12.1 Å². The largest absolute Gasteiger partial charge is 0.508 e. The fraction of sp³-hybridized carbons (Fsp3) is 0.438. The minimum Gasteiger partial charge on any atom is -0.508 e. The smallest absolute Gasteiger partial charge is 0.328 e. The monoisotopic (exact) mass is 397 g/mol. The zero-order valence-corrected chi connectivity index (χ0v) is 15.3. The number of rotatable bonds is 4. The molecule has 5 N–H and O–H groups in total. The summed E-state index contributed by atoms with van der Waals surface area (Å²) in [5.74, 6) is -3.02. The van der Waals surface area contributed by atoms with Gasteiger partial charge >= 0.3 is 5.97 Å². The van der Waals surface area contributed by atoms with Gasteiger partial charge in [0.25, 0.3) is 0 Å². The summed E-state index contributed by atoms with van der Waals surface area (Å²) in [5, 5.41) is 19.5. The van der Waals surface area contributed by atoms with Crippen LogP contribution in [0.3, 0.4) is 0 Å². The molecule has 0 aliphatic carbocycles. The number of aliphatic carboxylic acids is 1. The average molecular weight is 397 g/mol. The van der Waals surface area contributed by atoms with E-state index in [2.05, 4.69) is 5.32 Å². The zero-order valence-electron chi connectivity index (χ0n) is 14.5. The first-order chi connectivity index (χ1) is 12.4. The Bertz CT molecular complexity index is 926. The van der Waals surface area contributed by atoms with Gasteiger partial charge in [-0.2, -0.15) is 0 Å². The Labute approximate surface area is 154 Å². The van der Waals surface area contributed by atoms with Gasteiger partial charge in [-0.05, 0) is 31.5 Å². The molecule has 2 saturated heterocycles. The minimum atomic E-state index is -4.05. The zero-order chi connectivity index (χ0) is 20.3. The molecule has 2 fully saturated rings. The van der Waals surface area contributed by atoms with Crippen molar-refractivity contribution in [2.75, 3.05) is 0 Å². The lowest BCUT2D eigenvalue weighted by molar-refractivity contribution is -0.161. The average Bonchev–Trinajstić information content (AvgIpc) is 2.73. The topological polar surface area (TPSA) is 167 Å². The predicted octanol–water partition coefficient (Wildman–Crippen LogP) is -1.29. The molecule has 3 rings (SSSR count). The second-order valence-corrected chi connectivity index (χ2v) is 9.71. The molecule has 0 radical (unpaired) electrons. The van der Waals surface area contributed by atoms with Crippen molar-refractivity contribution >= 4 is 27.6 Å². The van der Waals surface area contributed by atoms with Crippen molar-refractivity contribution in [3.05, 3.63) is 29.8 Å². The summed E-state index contributed by atoms with van der Waals surface area (Å²) in [5.41, 5.74) is 6.19. The lowest BCUT2D eigenvalue weighted by atomic mass is 9.95. The van der Waals surface area contributed by atoms with Crippen LogP contribution in [-0.4, -0.2) is 63.5 Å². The molecule has 0 spiro atoms. The first-order valence-corrected chi connectivity index (χ1v) is 9.59. The Balaban J connectivity index is 1.83. The van der Waals surface area contributed by atoms with E-state index in [0.29, 0.717) is 5.56 Å². The normalized spacial score (nSPS) is 28.8. The third kappa shape index (κ3) is 2.57. The molecule has 27 heavy (non-hydrogen) atoms. The summed E-state index contributed by atoms with van der Waals surface area (Å²) in [6.07, 6.45) is 0. The maximum Gasteiger partial charge on any atom is 0.328 e. The van der Waals surface area contributed by atoms with E-state index in [1.165, 1.54) is 38.1 Å². The van der Waals surface area contributed by atoms with Crippen molar-refractivity contribution in [2.45, 2.75) is 42.1 Å². The van der Waals surface area contributed by atoms with Crippen molar-refractivity contribution in [1.29, 1.82) is 0 Å². The number of hydrogen-bond donors (Lipinski definition) is 4. The van der Waals surface area contributed by atoms with Crippen LogP contribution in [0.15, 0.2) is 24.3 Å². The van der Waals surface area contributed by atoms with Gasteiger partial charge in [0.1, 0.15) is 28.6 Å². The van der Waals surface area contributed by atoms with Gasteiger partial charge in [-0.25, -0.2) is 13.2 Å². The van der Waals surface area contributed by atoms with Crippen LogP contribution in [0.4, 0.5) is 0 Å². The number of carboxylic acids is 1. The number of phenols is 1. The van der Waals surface area contributed by atoms with Gasteiger partial charge in [-0.3, -0.25) is 9.59 Å². The molecular formula is C16H19N3O7S. The number of amides is 2. The van der Waals surface area contributed by atoms with E-state index in [4.69, 9.17) is 5.73 Å². The molecular weight excluding hydrogens is 378 g/mol. The summed E-state index contributed by atoms with van der Waals surface area (Å²) in [6, 6.07) is 1.39. The molecule has 4 atom stereocenters. The highest BCUT2D eigenvalue weighted by Crippen LogP contribution is 2.46. The summed E-state index contributed by atoms with van der Waals surface area (Å²) >= 11 is 0. The van der Waals surface area contributed by atoms with Crippen LogP contribution in [-0.2, 0) is 24.2 Å². The standard InChI is InChI=1S/C16H19N3O7S/c1-16(2)11(15(23)24)19-13(22)10(14(19)27(16,25)26)18-12(21)9(17)7-3-5-8(20)6-4-7/h3-6,9-11,14,20H,17H2,1-2H3,(H,18,21)(H,23,24)/t9?,10-,11+,14-/m1/s1. The van der Waals surface area contributed by atoms with Crippen LogP contribution in [0.1, 0.15) is 25.5 Å². The van der Waals surface area contributed by atoms with E-state index in [1.807, 2.05) is 0 Å². The van der Waals surface area contributed by atoms with Crippen molar-refractivity contribution in [2.24, 2.45) is 5.73 Å². The maximum atomic E-state index is 12.7. The Morgan fingerprint density at radius 2 is 1.81 bits per heavy atom. The summed E-state index contributed by atoms with van der Waals surface area (Å²) in [6.45, 7) is 2.49. The quantitative estimate of drug-likeness (QED) is 0.455. The van der Waals surface area contributed by atoms with E-state index in [1.54, 1.807) is 0 Å². The number of nitrogens with two attached hydrogens (primary N) is 1. The molecule has 1 unspecified atom stereocenters. The number of nitrogens with one attached hydrogen (secondary N) is 1. The first kappa shape index (κ1) is 19.1. The number of β-lactam (4-membered cyclic amide) rings is 1. The van der Waals surface area contributed by atoms with Crippen molar-refractivity contribution in [3.63, 3.8) is 0 Å². The number of hydrogen-bond acceptors (Lipinski definition) is 7. The molecule has 2 amide bonds.